The molecule has 146 valence electrons. The molecule has 28 heavy (non-hydrogen) atoms. The Morgan fingerprint density at radius 3 is 2.64 bits per heavy atom. The molecule has 4 rings (SSSR count). The first-order valence-corrected chi connectivity index (χ1v) is 10.1. The number of rotatable bonds is 6. The van der Waals surface area contributed by atoms with Crippen molar-refractivity contribution < 1.29 is 9.53 Å². The summed E-state index contributed by atoms with van der Waals surface area (Å²) in [6.07, 6.45) is 4.33. The zero-order chi connectivity index (χ0) is 19.7. The molecule has 1 aromatic heterocycles. The summed E-state index contributed by atoms with van der Waals surface area (Å²) < 4.78 is 7.49. The minimum absolute atomic E-state index is 0.0708. The molecule has 1 aromatic carbocycles. The standard InChI is InChI=1S/C22H26N4O2/c1-14(2)26-21(22(27)24-13-18-4-3-11-28-18)19(16-9-10-16)20(25-26)17-7-5-15(12-23)6-8-17/h5-8,14,16,18H,3-4,9-11,13H2,1-2H3,(H,24,27)/t18-/m1/s1. The third kappa shape index (κ3) is 3.67. The van der Waals surface area contributed by atoms with Crippen molar-refractivity contribution in [1.82, 2.24) is 15.1 Å². The second kappa shape index (κ2) is 7.76. The molecule has 1 aliphatic heterocycles. The number of nitriles is 1. The normalized spacial score (nSPS) is 19.0. The van der Waals surface area contributed by atoms with E-state index < -0.39 is 0 Å². The van der Waals surface area contributed by atoms with Crippen LogP contribution in [0.3, 0.4) is 0 Å². The van der Waals surface area contributed by atoms with Gasteiger partial charge in [-0.05, 0) is 57.6 Å². The van der Waals surface area contributed by atoms with E-state index in [-0.39, 0.29) is 18.1 Å². The van der Waals surface area contributed by atoms with E-state index in [2.05, 4.69) is 11.4 Å². The van der Waals surface area contributed by atoms with E-state index >= 15 is 0 Å². The summed E-state index contributed by atoms with van der Waals surface area (Å²) >= 11 is 0. The number of carbonyl (C=O) groups excluding carboxylic acids is 1. The Labute approximate surface area is 165 Å². The highest BCUT2D eigenvalue weighted by Gasteiger charge is 2.36. The van der Waals surface area contributed by atoms with Crippen molar-refractivity contribution in [3.63, 3.8) is 0 Å². The van der Waals surface area contributed by atoms with Crippen molar-refractivity contribution in [1.29, 1.82) is 5.26 Å². The number of hydrogen-bond acceptors (Lipinski definition) is 4. The molecule has 1 atom stereocenters. The topological polar surface area (TPSA) is 79.9 Å². The van der Waals surface area contributed by atoms with Crippen LogP contribution in [-0.2, 0) is 4.74 Å². The second-order valence-corrected chi connectivity index (χ2v) is 7.96. The Bertz CT molecular complexity index is 898. The van der Waals surface area contributed by atoms with Crippen LogP contribution in [0.25, 0.3) is 11.3 Å². The molecule has 1 amide bonds. The van der Waals surface area contributed by atoms with Gasteiger partial charge in [0.15, 0.2) is 0 Å². The lowest BCUT2D eigenvalue weighted by Gasteiger charge is -2.14. The third-order valence-electron chi connectivity index (χ3n) is 5.44. The molecule has 6 nitrogen and oxygen atoms in total. The lowest BCUT2D eigenvalue weighted by molar-refractivity contribution is 0.0846. The van der Waals surface area contributed by atoms with Crippen molar-refractivity contribution in [2.75, 3.05) is 13.2 Å². The Kier molecular flexibility index (Phi) is 5.19. The maximum Gasteiger partial charge on any atom is 0.269 e. The van der Waals surface area contributed by atoms with Crippen molar-refractivity contribution >= 4 is 5.91 Å². The summed E-state index contributed by atoms with van der Waals surface area (Å²) in [6, 6.07) is 9.68. The fourth-order valence-corrected chi connectivity index (χ4v) is 3.82. The minimum Gasteiger partial charge on any atom is -0.376 e. The van der Waals surface area contributed by atoms with Gasteiger partial charge in [0.05, 0.1) is 23.4 Å². The van der Waals surface area contributed by atoms with Crippen LogP contribution in [0.1, 0.15) is 73.1 Å². The Morgan fingerprint density at radius 2 is 2.07 bits per heavy atom. The number of carbonyl (C=O) groups is 1. The zero-order valence-corrected chi connectivity index (χ0v) is 16.4. The molecule has 1 saturated carbocycles. The van der Waals surface area contributed by atoms with Gasteiger partial charge in [0.25, 0.3) is 5.91 Å². The Morgan fingerprint density at radius 1 is 1.32 bits per heavy atom. The summed E-state index contributed by atoms with van der Waals surface area (Å²) in [5.74, 6) is 0.306. The molecule has 0 radical (unpaired) electrons. The molecule has 1 aliphatic carbocycles. The van der Waals surface area contributed by atoms with Crippen LogP contribution in [0, 0.1) is 11.3 Å². The highest BCUT2D eigenvalue weighted by molar-refractivity contribution is 5.96. The maximum atomic E-state index is 13.2. The maximum absolute atomic E-state index is 13.2. The van der Waals surface area contributed by atoms with Gasteiger partial charge in [-0.15, -0.1) is 0 Å². The number of nitrogens with zero attached hydrogens (tertiary/aromatic N) is 3. The monoisotopic (exact) mass is 378 g/mol. The first-order chi connectivity index (χ1) is 13.6. The number of benzene rings is 1. The van der Waals surface area contributed by atoms with Crippen LogP contribution in [-0.4, -0.2) is 34.9 Å². The molecule has 2 heterocycles. The molecule has 2 fully saturated rings. The highest BCUT2D eigenvalue weighted by atomic mass is 16.5. The number of amides is 1. The molecule has 1 N–H and O–H groups in total. The zero-order valence-electron chi connectivity index (χ0n) is 16.4. The lowest BCUT2D eigenvalue weighted by atomic mass is 10.0. The van der Waals surface area contributed by atoms with Crippen LogP contribution in [0.15, 0.2) is 24.3 Å². The molecule has 1 saturated heterocycles. The fraction of sp³-hybridized carbons (Fsp3) is 0.500. The van der Waals surface area contributed by atoms with Gasteiger partial charge in [-0.25, -0.2) is 0 Å². The summed E-state index contributed by atoms with van der Waals surface area (Å²) in [5, 5.41) is 17.0. The summed E-state index contributed by atoms with van der Waals surface area (Å²) in [6.45, 7) is 5.41. The first kappa shape index (κ1) is 18.7. The predicted molar refractivity (Wildman–Crippen MR) is 106 cm³/mol. The van der Waals surface area contributed by atoms with Crippen LogP contribution in [0.2, 0.25) is 0 Å². The van der Waals surface area contributed by atoms with E-state index in [4.69, 9.17) is 15.1 Å². The molecule has 0 spiro atoms. The van der Waals surface area contributed by atoms with Crippen molar-refractivity contribution in [3.8, 4) is 17.3 Å². The van der Waals surface area contributed by atoms with Crippen LogP contribution < -0.4 is 5.32 Å². The van der Waals surface area contributed by atoms with Gasteiger partial charge in [-0.3, -0.25) is 9.48 Å². The summed E-state index contributed by atoms with van der Waals surface area (Å²) in [7, 11) is 0. The van der Waals surface area contributed by atoms with Gasteiger partial charge < -0.3 is 10.1 Å². The van der Waals surface area contributed by atoms with Crippen LogP contribution in [0.4, 0.5) is 0 Å². The van der Waals surface area contributed by atoms with Gasteiger partial charge in [-0.2, -0.15) is 10.4 Å². The largest absolute Gasteiger partial charge is 0.376 e. The third-order valence-corrected chi connectivity index (χ3v) is 5.44. The average molecular weight is 378 g/mol. The van der Waals surface area contributed by atoms with Crippen molar-refractivity contribution in [3.05, 3.63) is 41.1 Å². The number of ether oxygens (including phenoxy) is 1. The molecule has 0 unspecified atom stereocenters. The Hall–Kier alpha value is -2.65. The molecule has 2 aliphatic rings. The average Bonchev–Trinajstić information content (AvgIpc) is 3.25. The van der Waals surface area contributed by atoms with E-state index in [1.807, 2.05) is 30.7 Å². The second-order valence-electron chi connectivity index (χ2n) is 7.96. The predicted octanol–water partition coefficient (Wildman–Crippen LogP) is 3.79. The van der Waals surface area contributed by atoms with E-state index in [9.17, 15) is 4.79 Å². The molecular formula is C22H26N4O2. The molecule has 2 aromatic rings. The van der Waals surface area contributed by atoms with E-state index in [1.54, 1.807) is 12.1 Å². The van der Waals surface area contributed by atoms with E-state index in [0.717, 1.165) is 49.1 Å². The quantitative estimate of drug-likeness (QED) is 0.829. The summed E-state index contributed by atoms with van der Waals surface area (Å²) in [5.41, 5.74) is 4.16. The first-order valence-electron chi connectivity index (χ1n) is 10.1. The van der Waals surface area contributed by atoms with Gasteiger partial charge in [0.2, 0.25) is 0 Å². The minimum atomic E-state index is -0.0708. The number of hydrogen-bond donors (Lipinski definition) is 1. The van der Waals surface area contributed by atoms with E-state index in [0.29, 0.717) is 23.7 Å². The van der Waals surface area contributed by atoms with Crippen molar-refractivity contribution in [2.24, 2.45) is 0 Å². The van der Waals surface area contributed by atoms with Gasteiger partial charge >= 0.3 is 0 Å². The van der Waals surface area contributed by atoms with Gasteiger partial charge in [-0.1, -0.05) is 12.1 Å². The fourth-order valence-electron chi connectivity index (χ4n) is 3.82. The van der Waals surface area contributed by atoms with Crippen molar-refractivity contribution in [2.45, 2.75) is 57.6 Å². The Balaban J connectivity index is 1.70. The van der Waals surface area contributed by atoms with Gasteiger partial charge in [0.1, 0.15) is 5.69 Å². The number of aromatic nitrogens is 2. The van der Waals surface area contributed by atoms with Gasteiger partial charge in [0, 0.05) is 30.3 Å². The lowest BCUT2D eigenvalue weighted by Crippen LogP contribution is -2.34. The smallest absolute Gasteiger partial charge is 0.269 e. The highest BCUT2D eigenvalue weighted by Crippen LogP contribution is 2.46. The van der Waals surface area contributed by atoms with Crippen LogP contribution in [0.5, 0.6) is 0 Å². The molecular weight excluding hydrogens is 352 g/mol. The molecule has 0 bridgehead atoms. The van der Waals surface area contributed by atoms with E-state index in [1.165, 1.54) is 0 Å². The summed E-state index contributed by atoms with van der Waals surface area (Å²) in [4.78, 5) is 13.2. The molecule has 6 heteroatoms. The number of nitrogens with one attached hydrogen (secondary N) is 1. The SMILES string of the molecule is CC(C)n1nc(-c2ccc(C#N)cc2)c(C2CC2)c1C(=O)NC[C@H]1CCCO1. The van der Waals surface area contributed by atoms with Crippen LogP contribution >= 0.6 is 0 Å².